The molecule has 1 saturated carbocycles. The van der Waals surface area contributed by atoms with Gasteiger partial charge in [0, 0.05) is 12.3 Å². The maximum atomic E-state index is 10.5. The van der Waals surface area contributed by atoms with Crippen molar-refractivity contribution >= 4 is 0 Å². The lowest BCUT2D eigenvalue weighted by molar-refractivity contribution is 0.137. The van der Waals surface area contributed by atoms with Crippen LogP contribution in [0, 0.1) is 35.5 Å². The molecule has 0 aromatic rings. The number of hydrogen-bond donors (Lipinski definition) is 2. The Balaban J connectivity index is 1.77. The largest absolute Gasteiger partial charge is 0.392 e. The fourth-order valence-electron chi connectivity index (χ4n) is 5.01. The zero-order chi connectivity index (χ0) is 21.2. The molecule has 0 unspecified atom stereocenters. The van der Waals surface area contributed by atoms with Gasteiger partial charge in [-0.2, -0.15) is 0 Å². The molecule has 3 nitrogen and oxygen atoms in total. The van der Waals surface area contributed by atoms with Gasteiger partial charge < -0.3 is 15.1 Å². The van der Waals surface area contributed by atoms with Crippen molar-refractivity contribution in [3.8, 4) is 11.8 Å². The highest BCUT2D eigenvalue weighted by molar-refractivity contribution is 5.21. The van der Waals surface area contributed by atoms with Crippen molar-refractivity contribution in [3.05, 3.63) is 23.8 Å². The number of nitrogens with zero attached hydrogens (tertiary/aromatic N) is 1. The molecule has 2 aliphatic carbocycles. The molecule has 0 aliphatic heterocycles. The van der Waals surface area contributed by atoms with Crippen LogP contribution in [0.5, 0.6) is 0 Å². The summed E-state index contributed by atoms with van der Waals surface area (Å²) >= 11 is 0. The fraction of sp³-hybridized carbons (Fsp3) is 0.769. The van der Waals surface area contributed by atoms with Crippen LogP contribution in [0.4, 0.5) is 0 Å². The number of unbranched alkanes of at least 4 members (excludes halogenated alkanes) is 2. The topological polar surface area (TPSA) is 43.7 Å². The minimum atomic E-state index is -0.485. The van der Waals surface area contributed by atoms with Gasteiger partial charge in [-0.15, -0.1) is 11.8 Å². The summed E-state index contributed by atoms with van der Waals surface area (Å²) in [6, 6.07) is 0. The minimum absolute atomic E-state index is 0.127. The number of fused-ring (bicyclic) bond motifs is 1. The van der Waals surface area contributed by atoms with Crippen molar-refractivity contribution in [1.29, 1.82) is 0 Å². The second-order valence-corrected chi connectivity index (χ2v) is 9.06. The first kappa shape index (κ1) is 24.2. The van der Waals surface area contributed by atoms with Crippen LogP contribution in [0.15, 0.2) is 23.8 Å². The van der Waals surface area contributed by atoms with E-state index < -0.39 is 6.10 Å². The molecular weight excluding hydrogens is 358 g/mol. The predicted octanol–water partition coefficient (Wildman–Crippen LogP) is 4.80. The summed E-state index contributed by atoms with van der Waals surface area (Å²) in [5.74, 6) is 7.28. The second-order valence-electron chi connectivity index (χ2n) is 9.06. The highest BCUT2D eigenvalue weighted by atomic mass is 16.3. The van der Waals surface area contributed by atoms with Crippen LogP contribution < -0.4 is 0 Å². The molecule has 29 heavy (non-hydrogen) atoms. The Morgan fingerprint density at radius 2 is 2.00 bits per heavy atom. The molecule has 0 aromatic heterocycles. The first-order chi connectivity index (χ1) is 14.0. The lowest BCUT2D eigenvalue weighted by Gasteiger charge is -2.20. The Morgan fingerprint density at radius 3 is 2.69 bits per heavy atom. The standard InChI is InChI=1S/C26H43NO2/c1-5-8-12-20(4)25(28)15-14-23-24-18-21(17-22(24)19-26(23)29)13-10-9-11-16-27(6-2)7-3/h14-15,17,20,22-26,28-29H,6-7,9-13,16,18-19H2,1-4H3/t20-,22-,23+,24-,25+,26+/m0/s1. The molecule has 3 heteroatoms. The van der Waals surface area contributed by atoms with E-state index in [1.165, 1.54) is 32.2 Å². The summed E-state index contributed by atoms with van der Waals surface area (Å²) in [5, 5.41) is 20.9. The van der Waals surface area contributed by atoms with E-state index in [1.54, 1.807) is 5.57 Å². The first-order valence-electron chi connectivity index (χ1n) is 11.9. The van der Waals surface area contributed by atoms with Gasteiger partial charge in [-0.05, 0) is 76.4 Å². The predicted molar refractivity (Wildman–Crippen MR) is 122 cm³/mol. The molecule has 2 aliphatic rings. The molecule has 0 aromatic carbocycles. The van der Waals surface area contributed by atoms with Gasteiger partial charge in [0.1, 0.15) is 0 Å². The van der Waals surface area contributed by atoms with Crippen molar-refractivity contribution < 1.29 is 10.2 Å². The third-order valence-corrected chi connectivity index (χ3v) is 7.03. The number of allylic oxidation sites excluding steroid dienone is 2. The van der Waals surface area contributed by atoms with Crippen LogP contribution in [-0.2, 0) is 0 Å². The quantitative estimate of drug-likeness (QED) is 0.280. The number of aliphatic hydroxyl groups excluding tert-OH is 2. The molecule has 164 valence electrons. The SMILES string of the molecule is CC#CC[C@H](C)[C@H](O)C=C[C@@H]1[C@H]2CC(CCCCCN(CC)CC)=C[C@H]2C[C@H]1O. The summed E-state index contributed by atoms with van der Waals surface area (Å²) in [4.78, 5) is 2.50. The van der Waals surface area contributed by atoms with E-state index in [0.29, 0.717) is 18.3 Å². The summed E-state index contributed by atoms with van der Waals surface area (Å²) in [6.07, 6.45) is 13.5. The van der Waals surface area contributed by atoms with Gasteiger partial charge >= 0.3 is 0 Å². The van der Waals surface area contributed by atoms with Gasteiger partial charge in [0.2, 0.25) is 0 Å². The summed E-state index contributed by atoms with van der Waals surface area (Å²) in [7, 11) is 0. The van der Waals surface area contributed by atoms with E-state index >= 15 is 0 Å². The summed E-state index contributed by atoms with van der Waals surface area (Å²) in [6.45, 7) is 11.9. The smallest absolute Gasteiger partial charge is 0.0755 e. The van der Waals surface area contributed by atoms with Crippen molar-refractivity contribution in [2.24, 2.45) is 23.7 Å². The molecule has 2 rings (SSSR count). The lowest BCUT2D eigenvalue weighted by atomic mass is 9.88. The Labute approximate surface area is 179 Å². The van der Waals surface area contributed by atoms with Crippen LogP contribution in [-0.4, -0.2) is 47.0 Å². The zero-order valence-electron chi connectivity index (χ0n) is 19.1. The van der Waals surface area contributed by atoms with E-state index in [-0.39, 0.29) is 17.9 Å². The van der Waals surface area contributed by atoms with E-state index in [1.807, 2.05) is 19.9 Å². The van der Waals surface area contributed by atoms with Crippen LogP contribution in [0.1, 0.15) is 72.6 Å². The van der Waals surface area contributed by atoms with Gasteiger partial charge in [-0.3, -0.25) is 0 Å². The van der Waals surface area contributed by atoms with Crippen LogP contribution >= 0.6 is 0 Å². The molecule has 0 bridgehead atoms. The van der Waals surface area contributed by atoms with Crippen molar-refractivity contribution in [2.75, 3.05) is 19.6 Å². The third-order valence-electron chi connectivity index (χ3n) is 7.03. The molecule has 0 saturated heterocycles. The Bertz CT molecular complexity index is 596. The average molecular weight is 402 g/mol. The first-order valence-corrected chi connectivity index (χ1v) is 11.9. The summed E-state index contributed by atoms with van der Waals surface area (Å²) < 4.78 is 0. The molecule has 6 atom stereocenters. The van der Waals surface area contributed by atoms with Crippen LogP contribution in [0.3, 0.4) is 0 Å². The molecule has 0 amide bonds. The Morgan fingerprint density at radius 1 is 1.24 bits per heavy atom. The highest BCUT2D eigenvalue weighted by Gasteiger charge is 2.43. The normalized spacial score (nSPS) is 28.3. The number of aliphatic hydroxyl groups is 2. The van der Waals surface area contributed by atoms with Gasteiger partial charge in [0.15, 0.2) is 0 Å². The van der Waals surface area contributed by atoms with Crippen molar-refractivity contribution in [2.45, 2.75) is 84.8 Å². The van der Waals surface area contributed by atoms with Gasteiger partial charge in [-0.25, -0.2) is 0 Å². The van der Waals surface area contributed by atoms with E-state index in [4.69, 9.17) is 0 Å². The van der Waals surface area contributed by atoms with Gasteiger partial charge in [-0.1, -0.05) is 51.0 Å². The van der Waals surface area contributed by atoms with Crippen molar-refractivity contribution in [3.63, 3.8) is 0 Å². The molecule has 0 radical (unpaired) electrons. The van der Waals surface area contributed by atoms with Crippen LogP contribution in [0.2, 0.25) is 0 Å². The zero-order valence-corrected chi connectivity index (χ0v) is 19.1. The minimum Gasteiger partial charge on any atom is -0.392 e. The summed E-state index contributed by atoms with van der Waals surface area (Å²) in [5.41, 5.74) is 1.60. The highest BCUT2D eigenvalue weighted by Crippen LogP contribution is 2.48. The molecule has 0 spiro atoms. The Hall–Kier alpha value is -1.08. The van der Waals surface area contributed by atoms with Crippen LogP contribution in [0.25, 0.3) is 0 Å². The molecule has 2 N–H and O–H groups in total. The van der Waals surface area contributed by atoms with Crippen molar-refractivity contribution in [1.82, 2.24) is 4.90 Å². The number of rotatable bonds is 12. The monoisotopic (exact) mass is 401 g/mol. The fourth-order valence-corrected chi connectivity index (χ4v) is 5.01. The van der Waals surface area contributed by atoms with E-state index in [9.17, 15) is 10.2 Å². The molecule has 0 heterocycles. The lowest BCUT2D eigenvalue weighted by Crippen LogP contribution is -2.23. The third kappa shape index (κ3) is 7.28. The van der Waals surface area contributed by atoms with E-state index in [0.717, 1.165) is 25.9 Å². The average Bonchev–Trinajstić information content (AvgIpc) is 3.23. The molecule has 1 fully saturated rings. The second kappa shape index (κ2) is 12.6. The number of hydrogen-bond acceptors (Lipinski definition) is 3. The Kier molecular flexibility index (Phi) is 10.5. The maximum Gasteiger partial charge on any atom is 0.0755 e. The van der Waals surface area contributed by atoms with E-state index in [2.05, 4.69) is 42.7 Å². The van der Waals surface area contributed by atoms with Gasteiger partial charge in [0.05, 0.1) is 12.2 Å². The van der Waals surface area contributed by atoms with Gasteiger partial charge in [0.25, 0.3) is 0 Å². The maximum absolute atomic E-state index is 10.5. The molecular formula is C26H43NO2.